The maximum absolute atomic E-state index is 8.60. The van der Waals surface area contributed by atoms with Crippen LogP contribution >= 0.6 is 11.8 Å². The van der Waals surface area contributed by atoms with Crippen LogP contribution < -0.4 is 5.32 Å². The van der Waals surface area contributed by atoms with E-state index >= 15 is 0 Å². The lowest BCUT2D eigenvalue weighted by Crippen LogP contribution is -2.33. The number of hydrogen-bond acceptors (Lipinski definition) is 3. The van der Waals surface area contributed by atoms with Crippen molar-refractivity contribution < 1.29 is 0 Å². The molecule has 3 heteroatoms. The molecule has 0 amide bonds. The first-order valence-corrected chi connectivity index (χ1v) is 5.73. The Morgan fingerprint density at radius 1 is 1.58 bits per heavy atom. The summed E-state index contributed by atoms with van der Waals surface area (Å²) >= 11 is 1.95. The molecule has 68 valence electrons. The van der Waals surface area contributed by atoms with Gasteiger partial charge < -0.3 is 0 Å². The van der Waals surface area contributed by atoms with Crippen molar-refractivity contribution in [1.29, 1.82) is 5.26 Å². The number of thioether (sulfide) groups is 1. The topological polar surface area (TPSA) is 35.8 Å². The molecule has 0 bridgehead atoms. The fourth-order valence-corrected chi connectivity index (χ4v) is 2.49. The third-order valence-electron chi connectivity index (χ3n) is 2.40. The van der Waals surface area contributed by atoms with Crippen molar-refractivity contribution >= 4 is 11.8 Å². The summed E-state index contributed by atoms with van der Waals surface area (Å²) in [6.45, 7) is 1.92. The molecule has 0 spiro atoms. The lowest BCUT2D eigenvalue weighted by atomic mass is 10.2. The standard InChI is InChI=1S/C9H16N2S/c1-7(6-10)11-8-3-4-9(5-8)12-2/h7-9,11H,3-5H2,1-2H3. The first kappa shape index (κ1) is 9.88. The normalized spacial score (nSPS) is 31.4. The minimum atomic E-state index is 0.00982. The zero-order valence-electron chi connectivity index (χ0n) is 7.71. The van der Waals surface area contributed by atoms with E-state index in [9.17, 15) is 0 Å². The highest BCUT2D eigenvalue weighted by molar-refractivity contribution is 7.99. The molecule has 0 aromatic heterocycles. The first-order chi connectivity index (χ1) is 5.76. The minimum Gasteiger partial charge on any atom is -0.299 e. The van der Waals surface area contributed by atoms with Gasteiger partial charge in [-0.1, -0.05) is 0 Å². The molecule has 3 atom stereocenters. The second-order valence-corrected chi connectivity index (χ2v) is 4.52. The van der Waals surface area contributed by atoms with Crippen LogP contribution in [0.5, 0.6) is 0 Å². The molecule has 0 aliphatic heterocycles. The van der Waals surface area contributed by atoms with Gasteiger partial charge in [0.15, 0.2) is 0 Å². The maximum Gasteiger partial charge on any atom is 0.0926 e. The van der Waals surface area contributed by atoms with Gasteiger partial charge in [-0.05, 0) is 32.4 Å². The highest BCUT2D eigenvalue weighted by Crippen LogP contribution is 2.28. The molecular weight excluding hydrogens is 168 g/mol. The van der Waals surface area contributed by atoms with E-state index in [1.807, 2.05) is 18.7 Å². The Balaban J connectivity index is 2.24. The van der Waals surface area contributed by atoms with Crippen LogP contribution in [-0.4, -0.2) is 23.6 Å². The van der Waals surface area contributed by atoms with Gasteiger partial charge in [0.25, 0.3) is 0 Å². The highest BCUT2D eigenvalue weighted by atomic mass is 32.2. The number of nitrogens with zero attached hydrogens (tertiary/aromatic N) is 1. The molecule has 2 nitrogen and oxygen atoms in total. The van der Waals surface area contributed by atoms with Gasteiger partial charge in [-0.2, -0.15) is 17.0 Å². The van der Waals surface area contributed by atoms with Gasteiger partial charge in [-0.15, -0.1) is 0 Å². The van der Waals surface area contributed by atoms with Gasteiger partial charge in [0, 0.05) is 11.3 Å². The molecular formula is C9H16N2S. The predicted octanol–water partition coefficient (Wildman–Crippen LogP) is 1.77. The van der Waals surface area contributed by atoms with Crippen LogP contribution in [0.25, 0.3) is 0 Å². The van der Waals surface area contributed by atoms with Crippen molar-refractivity contribution in [2.75, 3.05) is 6.26 Å². The third kappa shape index (κ3) is 2.69. The summed E-state index contributed by atoms with van der Waals surface area (Å²) in [4.78, 5) is 0. The summed E-state index contributed by atoms with van der Waals surface area (Å²) in [5.41, 5.74) is 0. The summed E-state index contributed by atoms with van der Waals surface area (Å²) in [5.74, 6) is 0. The van der Waals surface area contributed by atoms with E-state index in [1.54, 1.807) is 0 Å². The Bertz CT molecular complexity index is 176. The number of nitriles is 1. The molecule has 1 saturated carbocycles. The van der Waals surface area contributed by atoms with Gasteiger partial charge >= 0.3 is 0 Å². The number of rotatable bonds is 3. The van der Waals surface area contributed by atoms with Crippen molar-refractivity contribution in [3.63, 3.8) is 0 Å². The van der Waals surface area contributed by atoms with E-state index in [0.717, 1.165) is 5.25 Å². The van der Waals surface area contributed by atoms with Crippen LogP contribution in [0.4, 0.5) is 0 Å². The Morgan fingerprint density at radius 2 is 2.33 bits per heavy atom. The summed E-state index contributed by atoms with van der Waals surface area (Å²) in [6.07, 6.45) is 5.93. The highest BCUT2D eigenvalue weighted by Gasteiger charge is 2.24. The lowest BCUT2D eigenvalue weighted by Gasteiger charge is -2.13. The quantitative estimate of drug-likeness (QED) is 0.726. The number of hydrogen-bond donors (Lipinski definition) is 1. The summed E-state index contributed by atoms with van der Waals surface area (Å²) in [6, 6.07) is 2.80. The summed E-state index contributed by atoms with van der Waals surface area (Å²) in [7, 11) is 0. The molecule has 1 aliphatic rings. The summed E-state index contributed by atoms with van der Waals surface area (Å²) < 4.78 is 0. The smallest absolute Gasteiger partial charge is 0.0926 e. The van der Waals surface area contributed by atoms with Crippen LogP contribution in [-0.2, 0) is 0 Å². The van der Waals surface area contributed by atoms with E-state index in [-0.39, 0.29) is 6.04 Å². The van der Waals surface area contributed by atoms with Crippen LogP contribution in [0, 0.1) is 11.3 Å². The molecule has 3 unspecified atom stereocenters. The van der Waals surface area contributed by atoms with Gasteiger partial charge in [0.1, 0.15) is 0 Å². The second kappa shape index (κ2) is 4.74. The average molecular weight is 184 g/mol. The molecule has 1 aliphatic carbocycles. The van der Waals surface area contributed by atoms with E-state index in [0.29, 0.717) is 6.04 Å². The zero-order chi connectivity index (χ0) is 8.97. The van der Waals surface area contributed by atoms with Gasteiger partial charge in [-0.25, -0.2) is 0 Å². The molecule has 0 radical (unpaired) electrons. The fraction of sp³-hybridized carbons (Fsp3) is 0.889. The zero-order valence-corrected chi connectivity index (χ0v) is 8.53. The predicted molar refractivity (Wildman–Crippen MR) is 53.2 cm³/mol. The maximum atomic E-state index is 8.60. The van der Waals surface area contributed by atoms with Crippen molar-refractivity contribution in [1.82, 2.24) is 5.32 Å². The van der Waals surface area contributed by atoms with E-state index < -0.39 is 0 Å². The Labute approximate surface area is 78.7 Å². The number of nitrogens with one attached hydrogen (secondary N) is 1. The van der Waals surface area contributed by atoms with E-state index in [2.05, 4.69) is 17.6 Å². The molecule has 1 fully saturated rings. The molecule has 12 heavy (non-hydrogen) atoms. The largest absolute Gasteiger partial charge is 0.299 e. The third-order valence-corrected chi connectivity index (χ3v) is 3.49. The fourth-order valence-electron chi connectivity index (χ4n) is 1.70. The van der Waals surface area contributed by atoms with Crippen molar-refractivity contribution in [2.24, 2.45) is 0 Å². The Kier molecular flexibility index (Phi) is 3.90. The van der Waals surface area contributed by atoms with Crippen LogP contribution in [0.15, 0.2) is 0 Å². The molecule has 0 heterocycles. The summed E-state index contributed by atoms with van der Waals surface area (Å²) in [5, 5.41) is 12.7. The molecule has 0 aromatic rings. The lowest BCUT2D eigenvalue weighted by molar-refractivity contribution is 0.501. The molecule has 1 rings (SSSR count). The van der Waals surface area contributed by atoms with Gasteiger partial charge in [0.2, 0.25) is 0 Å². The van der Waals surface area contributed by atoms with Crippen molar-refractivity contribution in [3.8, 4) is 6.07 Å². The van der Waals surface area contributed by atoms with Gasteiger partial charge in [0.05, 0.1) is 12.1 Å². The molecule has 1 N–H and O–H groups in total. The van der Waals surface area contributed by atoms with Crippen LogP contribution in [0.3, 0.4) is 0 Å². The van der Waals surface area contributed by atoms with Gasteiger partial charge in [-0.3, -0.25) is 5.32 Å². The van der Waals surface area contributed by atoms with E-state index in [4.69, 9.17) is 5.26 Å². The minimum absolute atomic E-state index is 0.00982. The van der Waals surface area contributed by atoms with Crippen LogP contribution in [0.2, 0.25) is 0 Å². The average Bonchev–Trinajstić information content (AvgIpc) is 2.52. The second-order valence-electron chi connectivity index (χ2n) is 3.39. The van der Waals surface area contributed by atoms with Crippen molar-refractivity contribution in [3.05, 3.63) is 0 Å². The Morgan fingerprint density at radius 3 is 2.83 bits per heavy atom. The molecule has 0 saturated heterocycles. The molecule has 0 aromatic carbocycles. The van der Waals surface area contributed by atoms with E-state index in [1.165, 1.54) is 19.3 Å². The van der Waals surface area contributed by atoms with Crippen molar-refractivity contribution in [2.45, 2.75) is 43.5 Å². The SMILES string of the molecule is CSC1CCC(NC(C)C#N)C1. The van der Waals surface area contributed by atoms with Crippen LogP contribution in [0.1, 0.15) is 26.2 Å². The Hall–Kier alpha value is -0.200. The first-order valence-electron chi connectivity index (χ1n) is 4.44. The monoisotopic (exact) mass is 184 g/mol.